The van der Waals surface area contributed by atoms with Gasteiger partial charge in [0, 0.05) is 6.20 Å². The van der Waals surface area contributed by atoms with Crippen molar-refractivity contribution in [2.75, 3.05) is 16.0 Å². The molecule has 6 heteroatoms. The highest BCUT2D eigenvalue weighted by atomic mass is 16.2. The summed E-state index contributed by atoms with van der Waals surface area (Å²) in [5, 5.41) is 2.90. The van der Waals surface area contributed by atoms with Gasteiger partial charge >= 0.3 is 0 Å². The minimum Gasteiger partial charge on any atom is -0.384 e. The highest BCUT2D eigenvalue weighted by Gasteiger charge is 2.39. The molecule has 2 aromatic rings. The van der Waals surface area contributed by atoms with Crippen molar-refractivity contribution in [2.45, 2.75) is 26.3 Å². The number of nitrogen functional groups attached to an aromatic ring is 1. The SMILES string of the molecule is CC[C@H](C)[C@H]1C(=O)Nc2ccccc2N1C(=O)c1ccc(N)nc1. The number of carbonyl (C=O) groups excluding carboxylic acids is 2. The Morgan fingerprint density at radius 2 is 2.08 bits per heavy atom. The third-order valence-corrected chi connectivity index (χ3v) is 4.40. The number of rotatable bonds is 3. The maximum atomic E-state index is 13.1. The number of nitrogens with one attached hydrogen (secondary N) is 1. The Hall–Kier alpha value is -2.89. The van der Waals surface area contributed by atoms with Crippen LogP contribution >= 0.6 is 0 Å². The van der Waals surface area contributed by atoms with Crippen LogP contribution in [-0.4, -0.2) is 22.8 Å². The maximum absolute atomic E-state index is 13.1. The lowest BCUT2D eigenvalue weighted by atomic mass is 9.93. The van der Waals surface area contributed by atoms with Gasteiger partial charge < -0.3 is 11.1 Å². The van der Waals surface area contributed by atoms with E-state index in [9.17, 15) is 9.59 Å². The van der Waals surface area contributed by atoms with Gasteiger partial charge in [-0.25, -0.2) is 4.98 Å². The van der Waals surface area contributed by atoms with Gasteiger partial charge in [-0.2, -0.15) is 0 Å². The van der Waals surface area contributed by atoms with Crippen molar-refractivity contribution >= 4 is 29.0 Å². The van der Waals surface area contributed by atoms with Gasteiger partial charge in [-0.3, -0.25) is 14.5 Å². The Labute approximate surface area is 140 Å². The number of nitrogens with zero attached hydrogens (tertiary/aromatic N) is 2. The lowest BCUT2D eigenvalue weighted by Gasteiger charge is -2.39. The highest BCUT2D eigenvalue weighted by molar-refractivity contribution is 6.16. The van der Waals surface area contributed by atoms with Gasteiger partial charge in [-0.1, -0.05) is 32.4 Å². The molecular weight excluding hydrogens is 304 g/mol. The quantitative estimate of drug-likeness (QED) is 0.908. The van der Waals surface area contributed by atoms with Crippen LogP contribution in [0.4, 0.5) is 17.2 Å². The molecule has 124 valence electrons. The molecule has 0 fully saturated rings. The molecule has 0 saturated heterocycles. The Kier molecular flexibility index (Phi) is 4.20. The van der Waals surface area contributed by atoms with E-state index in [1.165, 1.54) is 6.20 Å². The number of fused-ring (bicyclic) bond motifs is 1. The predicted molar refractivity (Wildman–Crippen MR) is 93.8 cm³/mol. The Balaban J connectivity index is 2.10. The molecular formula is C18H20N4O2. The lowest BCUT2D eigenvalue weighted by molar-refractivity contribution is -0.118. The second-order valence-electron chi connectivity index (χ2n) is 5.98. The van der Waals surface area contributed by atoms with E-state index in [1.54, 1.807) is 23.1 Å². The van der Waals surface area contributed by atoms with Crippen molar-refractivity contribution in [1.82, 2.24) is 4.98 Å². The van der Waals surface area contributed by atoms with Gasteiger partial charge in [0.1, 0.15) is 11.9 Å². The second-order valence-corrected chi connectivity index (χ2v) is 5.98. The van der Waals surface area contributed by atoms with Crippen LogP contribution in [0.5, 0.6) is 0 Å². The molecule has 0 saturated carbocycles. The monoisotopic (exact) mass is 324 g/mol. The van der Waals surface area contributed by atoms with E-state index in [0.717, 1.165) is 6.42 Å². The normalized spacial score (nSPS) is 17.8. The van der Waals surface area contributed by atoms with Crippen LogP contribution in [0.15, 0.2) is 42.6 Å². The number of amides is 2. The summed E-state index contributed by atoms with van der Waals surface area (Å²) in [5.41, 5.74) is 7.34. The minimum absolute atomic E-state index is 0.0176. The number of nitrogens with two attached hydrogens (primary N) is 1. The zero-order valence-electron chi connectivity index (χ0n) is 13.7. The van der Waals surface area contributed by atoms with Crippen LogP contribution in [0.3, 0.4) is 0 Å². The Morgan fingerprint density at radius 1 is 1.33 bits per heavy atom. The maximum Gasteiger partial charge on any atom is 0.260 e. The van der Waals surface area contributed by atoms with Crippen LogP contribution in [0.25, 0.3) is 0 Å². The standard InChI is InChI=1S/C18H20N4O2/c1-3-11(2)16-17(23)21-13-6-4-5-7-14(13)22(16)18(24)12-8-9-15(19)20-10-12/h4-11,16H,3H2,1-2H3,(H2,19,20)(H,21,23)/t11-,16-/m0/s1. The van der Waals surface area contributed by atoms with Gasteiger partial charge in [0.25, 0.3) is 5.91 Å². The molecule has 1 aromatic heterocycles. The fourth-order valence-corrected chi connectivity index (χ4v) is 2.91. The van der Waals surface area contributed by atoms with E-state index < -0.39 is 6.04 Å². The van der Waals surface area contributed by atoms with Crippen LogP contribution in [-0.2, 0) is 4.79 Å². The third-order valence-electron chi connectivity index (χ3n) is 4.40. The Morgan fingerprint density at radius 3 is 2.75 bits per heavy atom. The van der Waals surface area contributed by atoms with E-state index in [0.29, 0.717) is 22.8 Å². The predicted octanol–water partition coefficient (Wildman–Crippen LogP) is 2.68. The van der Waals surface area contributed by atoms with E-state index in [2.05, 4.69) is 10.3 Å². The average molecular weight is 324 g/mol. The fraction of sp³-hybridized carbons (Fsp3) is 0.278. The van der Waals surface area contributed by atoms with Crippen molar-refractivity contribution in [3.63, 3.8) is 0 Å². The van der Waals surface area contributed by atoms with E-state index in [-0.39, 0.29) is 17.7 Å². The summed E-state index contributed by atoms with van der Waals surface area (Å²) < 4.78 is 0. The number of hydrogen-bond acceptors (Lipinski definition) is 4. The van der Waals surface area contributed by atoms with Crippen LogP contribution in [0, 0.1) is 5.92 Å². The Bertz CT molecular complexity index is 773. The second kappa shape index (κ2) is 6.31. The first-order valence-electron chi connectivity index (χ1n) is 7.98. The molecule has 2 atom stereocenters. The first-order valence-corrected chi connectivity index (χ1v) is 7.98. The molecule has 1 aliphatic rings. The number of pyridine rings is 1. The van der Waals surface area contributed by atoms with Crippen LogP contribution < -0.4 is 16.0 Å². The van der Waals surface area contributed by atoms with E-state index in [1.807, 2.05) is 32.0 Å². The average Bonchev–Trinajstić information content (AvgIpc) is 2.60. The molecule has 0 aliphatic carbocycles. The molecule has 0 spiro atoms. The summed E-state index contributed by atoms with van der Waals surface area (Å²) in [6.45, 7) is 3.98. The third kappa shape index (κ3) is 2.71. The largest absolute Gasteiger partial charge is 0.384 e. The fourth-order valence-electron chi connectivity index (χ4n) is 2.91. The van der Waals surface area contributed by atoms with Crippen LogP contribution in [0.1, 0.15) is 30.6 Å². The number of anilines is 3. The minimum atomic E-state index is -0.560. The van der Waals surface area contributed by atoms with Gasteiger partial charge in [0.05, 0.1) is 16.9 Å². The van der Waals surface area contributed by atoms with Gasteiger partial charge in [0.15, 0.2) is 0 Å². The summed E-state index contributed by atoms with van der Waals surface area (Å²) in [7, 11) is 0. The van der Waals surface area contributed by atoms with E-state index >= 15 is 0 Å². The summed E-state index contributed by atoms with van der Waals surface area (Å²) in [4.78, 5) is 31.3. The van der Waals surface area contributed by atoms with Gasteiger partial charge in [-0.15, -0.1) is 0 Å². The molecule has 6 nitrogen and oxygen atoms in total. The van der Waals surface area contributed by atoms with Crippen LogP contribution in [0.2, 0.25) is 0 Å². The molecule has 1 aliphatic heterocycles. The first-order chi connectivity index (χ1) is 11.5. The number of para-hydroxylation sites is 2. The highest BCUT2D eigenvalue weighted by Crippen LogP contribution is 2.35. The molecule has 24 heavy (non-hydrogen) atoms. The number of aromatic nitrogens is 1. The molecule has 2 heterocycles. The molecule has 0 radical (unpaired) electrons. The summed E-state index contributed by atoms with van der Waals surface area (Å²) in [6.07, 6.45) is 2.23. The molecule has 3 N–H and O–H groups in total. The number of hydrogen-bond donors (Lipinski definition) is 2. The molecule has 2 amide bonds. The summed E-state index contributed by atoms with van der Waals surface area (Å²) in [6, 6.07) is 9.97. The van der Waals surface area contributed by atoms with Crippen molar-refractivity contribution in [2.24, 2.45) is 5.92 Å². The van der Waals surface area contributed by atoms with Crippen molar-refractivity contribution in [3.8, 4) is 0 Å². The van der Waals surface area contributed by atoms with Crippen molar-refractivity contribution in [1.29, 1.82) is 0 Å². The zero-order valence-corrected chi connectivity index (χ0v) is 13.7. The lowest BCUT2D eigenvalue weighted by Crippen LogP contribution is -2.54. The molecule has 0 bridgehead atoms. The molecule has 1 aromatic carbocycles. The summed E-state index contributed by atoms with van der Waals surface area (Å²) >= 11 is 0. The van der Waals surface area contributed by atoms with Crippen molar-refractivity contribution in [3.05, 3.63) is 48.2 Å². The molecule has 0 unspecified atom stereocenters. The topological polar surface area (TPSA) is 88.3 Å². The summed E-state index contributed by atoms with van der Waals surface area (Å²) in [5.74, 6) is -0.0548. The number of benzene rings is 1. The van der Waals surface area contributed by atoms with E-state index in [4.69, 9.17) is 5.73 Å². The van der Waals surface area contributed by atoms with Crippen molar-refractivity contribution < 1.29 is 9.59 Å². The van der Waals surface area contributed by atoms with Gasteiger partial charge in [-0.05, 0) is 30.2 Å². The first kappa shape index (κ1) is 16.0. The number of carbonyl (C=O) groups is 2. The van der Waals surface area contributed by atoms with Gasteiger partial charge in [0.2, 0.25) is 5.91 Å². The smallest absolute Gasteiger partial charge is 0.260 e. The zero-order chi connectivity index (χ0) is 17.3. The molecule has 3 rings (SSSR count).